The maximum Gasteiger partial charge on any atom is 0.240 e. The van der Waals surface area contributed by atoms with Crippen molar-refractivity contribution >= 4 is 38.1 Å². The fraction of sp³-hybridized carbons (Fsp3) is 0.333. The van der Waals surface area contributed by atoms with E-state index in [0.717, 1.165) is 11.8 Å². The molecule has 0 saturated carbocycles. The second-order valence-electron chi connectivity index (χ2n) is 5.21. The average molecular weight is 384 g/mol. The van der Waals surface area contributed by atoms with E-state index in [-0.39, 0.29) is 12.5 Å². The van der Waals surface area contributed by atoms with Crippen LogP contribution < -0.4 is 15.4 Å². The number of ether oxygens (including phenoxy) is 1. The molecule has 0 radical (unpaired) electrons. The monoisotopic (exact) mass is 384 g/mol. The van der Waals surface area contributed by atoms with Crippen molar-refractivity contribution in [1.82, 2.24) is 10.3 Å². The van der Waals surface area contributed by atoms with Gasteiger partial charge in [0.1, 0.15) is 0 Å². The van der Waals surface area contributed by atoms with Crippen LogP contribution in [0, 0.1) is 0 Å². The van der Waals surface area contributed by atoms with E-state index in [9.17, 15) is 13.2 Å². The highest BCUT2D eigenvalue weighted by Gasteiger charge is 2.08. The number of hydrogen-bond acceptors (Lipinski definition) is 7. The molecule has 0 saturated heterocycles. The zero-order valence-corrected chi connectivity index (χ0v) is 15.5. The lowest BCUT2D eigenvalue weighted by Gasteiger charge is -2.04. The molecule has 0 unspecified atom stereocenters. The Hall–Kier alpha value is -2.01. The average Bonchev–Trinajstić information content (AvgIpc) is 2.99. The molecule has 3 N–H and O–H groups in total. The first-order chi connectivity index (χ1) is 11.9. The molecule has 10 heteroatoms. The second-order valence-corrected chi connectivity index (χ2v) is 7.81. The van der Waals surface area contributed by atoms with Crippen LogP contribution >= 0.6 is 11.3 Å². The number of carbonyl (C=O) groups is 1. The first kappa shape index (κ1) is 19.3. The van der Waals surface area contributed by atoms with Crippen molar-refractivity contribution < 1.29 is 17.9 Å². The summed E-state index contributed by atoms with van der Waals surface area (Å²) in [5, 5.41) is 8.01. The summed E-state index contributed by atoms with van der Waals surface area (Å²) in [4.78, 5) is 16.2. The number of sulfonamides is 1. The SMILES string of the molecule is COCCNCC(=O)Nc1nc(-c2ccc(NS(C)(=O)=O)cc2)cs1. The fourth-order valence-corrected chi connectivity index (χ4v) is 3.23. The Morgan fingerprint density at radius 3 is 2.64 bits per heavy atom. The van der Waals surface area contributed by atoms with E-state index in [2.05, 4.69) is 20.3 Å². The van der Waals surface area contributed by atoms with E-state index >= 15 is 0 Å². The molecular formula is C15H20N4O4S2. The molecule has 0 aliphatic rings. The quantitative estimate of drug-likeness (QED) is 0.563. The van der Waals surface area contributed by atoms with Crippen LogP contribution in [0.15, 0.2) is 29.6 Å². The van der Waals surface area contributed by atoms with E-state index in [1.165, 1.54) is 11.3 Å². The third-order valence-electron chi connectivity index (χ3n) is 3.00. The Labute approximate surface area is 150 Å². The third-order valence-corrected chi connectivity index (χ3v) is 4.37. The lowest BCUT2D eigenvalue weighted by molar-refractivity contribution is -0.115. The molecule has 0 bridgehead atoms. The van der Waals surface area contributed by atoms with Crippen LogP contribution in [0.3, 0.4) is 0 Å². The van der Waals surface area contributed by atoms with Gasteiger partial charge in [0.15, 0.2) is 5.13 Å². The molecule has 0 aliphatic heterocycles. The van der Waals surface area contributed by atoms with E-state index in [4.69, 9.17) is 4.74 Å². The highest BCUT2D eigenvalue weighted by Crippen LogP contribution is 2.26. The van der Waals surface area contributed by atoms with Crippen molar-refractivity contribution in [2.24, 2.45) is 0 Å². The highest BCUT2D eigenvalue weighted by atomic mass is 32.2. The number of thiazole rings is 1. The Bertz CT molecular complexity index is 803. The van der Waals surface area contributed by atoms with Crippen molar-refractivity contribution in [2.75, 3.05) is 43.1 Å². The van der Waals surface area contributed by atoms with Gasteiger partial charge in [-0.05, 0) is 12.1 Å². The molecule has 0 atom stereocenters. The maximum atomic E-state index is 11.8. The van der Waals surface area contributed by atoms with E-state index in [1.54, 1.807) is 31.4 Å². The molecule has 1 heterocycles. The number of anilines is 2. The minimum absolute atomic E-state index is 0.176. The largest absolute Gasteiger partial charge is 0.383 e. The summed E-state index contributed by atoms with van der Waals surface area (Å²) < 4.78 is 29.7. The number of benzene rings is 1. The molecule has 1 aromatic carbocycles. The number of nitrogens with one attached hydrogen (secondary N) is 3. The summed E-state index contributed by atoms with van der Waals surface area (Å²) in [5.41, 5.74) is 2.02. The highest BCUT2D eigenvalue weighted by molar-refractivity contribution is 7.92. The molecule has 8 nitrogen and oxygen atoms in total. The lowest BCUT2D eigenvalue weighted by Crippen LogP contribution is -2.30. The first-order valence-electron chi connectivity index (χ1n) is 7.40. The predicted molar refractivity (Wildman–Crippen MR) is 99.4 cm³/mol. The summed E-state index contributed by atoms with van der Waals surface area (Å²) >= 11 is 1.32. The summed E-state index contributed by atoms with van der Waals surface area (Å²) in [6, 6.07) is 6.85. The van der Waals surface area contributed by atoms with Crippen molar-refractivity contribution in [2.45, 2.75) is 0 Å². The van der Waals surface area contributed by atoms with Gasteiger partial charge >= 0.3 is 0 Å². The van der Waals surface area contributed by atoms with Gasteiger partial charge in [-0.15, -0.1) is 11.3 Å². The van der Waals surface area contributed by atoms with Crippen molar-refractivity contribution in [3.63, 3.8) is 0 Å². The van der Waals surface area contributed by atoms with Gasteiger partial charge in [-0.1, -0.05) is 12.1 Å². The second kappa shape index (κ2) is 8.90. The van der Waals surface area contributed by atoms with Crippen LogP contribution in [0.2, 0.25) is 0 Å². The summed E-state index contributed by atoms with van der Waals surface area (Å²) in [5.74, 6) is -0.176. The first-order valence-corrected chi connectivity index (χ1v) is 10.2. The van der Waals surface area contributed by atoms with Crippen molar-refractivity contribution in [3.8, 4) is 11.3 Å². The maximum absolute atomic E-state index is 11.8. The molecule has 0 aliphatic carbocycles. The number of nitrogens with zero attached hydrogens (tertiary/aromatic N) is 1. The number of hydrogen-bond donors (Lipinski definition) is 3. The molecule has 1 amide bonds. The fourth-order valence-electron chi connectivity index (χ4n) is 1.93. The van der Waals surface area contributed by atoms with E-state index in [0.29, 0.717) is 29.7 Å². The van der Waals surface area contributed by atoms with Crippen LogP contribution in [-0.2, 0) is 19.6 Å². The van der Waals surface area contributed by atoms with Crippen LogP contribution in [0.5, 0.6) is 0 Å². The Morgan fingerprint density at radius 2 is 2.00 bits per heavy atom. The topological polar surface area (TPSA) is 109 Å². The molecule has 1 aromatic heterocycles. The molecule has 0 spiro atoms. The molecule has 25 heavy (non-hydrogen) atoms. The summed E-state index contributed by atoms with van der Waals surface area (Å²) in [6.07, 6.45) is 1.10. The van der Waals surface area contributed by atoms with Crippen LogP contribution in [0.1, 0.15) is 0 Å². The lowest BCUT2D eigenvalue weighted by atomic mass is 10.1. The van der Waals surface area contributed by atoms with Gasteiger partial charge in [0.2, 0.25) is 15.9 Å². The Morgan fingerprint density at radius 1 is 1.28 bits per heavy atom. The van der Waals surface area contributed by atoms with Crippen LogP contribution in [0.4, 0.5) is 10.8 Å². The molecule has 0 fully saturated rings. The number of rotatable bonds is 9. The number of aromatic nitrogens is 1. The van der Waals surface area contributed by atoms with Gasteiger partial charge in [0.05, 0.1) is 25.1 Å². The molecule has 2 aromatic rings. The standard InChI is InChI=1S/C15H20N4O4S2/c1-23-8-7-16-9-14(20)18-15-17-13(10-24-15)11-3-5-12(6-4-11)19-25(2,21)22/h3-6,10,16,19H,7-9H2,1-2H3,(H,17,18,20). The van der Waals surface area contributed by atoms with Crippen molar-refractivity contribution in [3.05, 3.63) is 29.6 Å². The molecule has 2 rings (SSSR count). The van der Waals surface area contributed by atoms with Gasteiger partial charge in [-0.25, -0.2) is 13.4 Å². The normalized spacial score (nSPS) is 11.3. The number of carbonyl (C=O) groups excluding carboxylic acids is 1. The third kappa shape index (κ3) is 6.78. The van der Waals surface area contributed by atoms with E-state index in [1.807, 2.05) is 5.38 Å². The van der Waals surface area contributed by atoms with Crippen LogP contribution in [-0.4, -0.2) is 52.4 Å². The minimum Gasteiger partial charge on any atom is -0.383 e. The number of methoxy groups -OCH3 is 1. The van der Waals surface area contributed by atoms with Gasteiger partial charge < -0.3 is 15.4 Å². The van der Waals surface area contributed by atoms with Gasteiger partial charge in [0, 0.05) is 30.3 Å². The van der Waals surface area contributed by atoms with Gasteiger partial charge in [-0.2, -0.15) is 0 Å². The zero-order valence-electron chi connectivity index (χ0n) is 13.9. The van der Waals surface area contributed by atoms with E-state index < -0.39 is 10.0 Å². The van der Waals surface area contributed by atoms with Crippen LogP contribution in [0.25, 0.3) is 11.3 Å². The summed E-state index contributed by atoms with van der Waals surface area (Å²) in [7, 11) is -1.70. The van der Waals surface area contributed by atoms with Gasteiger partial charge in [0.25, 0.3) is 0 Å². The number of amides is 1. The zero-order chi connectivity index (χ0) is 18.3. The Kier molecular flexibility index (Phi) is 6.88. The molecular weight excluding hydrogens is 364 g/mol. The van der Waals surface area contributed by atoms with Gasteiger partial charge in [-0.3, -0.25) is 9.52 Å². The predicted octanol–water partition coefficient (Wildman–Crippen LogP) is 1.36. The Balaban J connectivity index is 1.93. The van der Waals surface area contributed by atoms with Crippen molar-refractivity contribution in [1.29, 1.82) is 0 Å². The molecule has 136 valence electrons. The minimum atomic E-state index is -3.30. The summed E-state index contributed by atoms with van der Waals surface area (Å²) in [6.45, 7) is 1.32. The smallest absolute Gasteiger partial charge is 0.240 e.